The number of pyridine rings is 1. The second-order valence-electron chi connectivity index (χ2n) is 4.65. The lowest BCUT2D eigenvalue weighted by molar-refractivity contribution is -0.123. The first kappa shape index (κ1) is 12.4. The van der Waals surface area contributed by atoms with Gasteiger partial charge in [-0.25, -0.2) is 0 Å². The first-order valence-electron chi connectivity index (χ1n) is 6.29. The van der Waals surface area contributed by atoms with E-state index in [-0.39, 0.29) is 23.7 Å². The zero-order valence-electron chi connectivity index (χ0n) is 10.6. The van der Waals surface area contributed by atoms with E-state index in [0.29, 0.717) is 5.56 Å². The van der Waals surface area contributed by atoms with Crippen molar-refractivity contribution in [1.29, 1.82) is 0 Å². The van der Waals surface area contributed by atoms with E-state index >= 15 is 0 Å². The van der Waals surface area contributed by atoms with E-state index in [1.54, 1.807) is 30.7 Å². The van der Waals surface area contributed by atoms with E-state index in [1.807, 2.05) is 6.07 Å². The van der Waals surface area contributed by atoms with Crippen molar-refractivity contribution in [3.8, 4) is 0 Å². The molecule has 2 heterocycles. The molecule has 0 aliphatic heterocycles. The zero-order chi connectivity index (χ0) is 13.9. The molecule has 2 N–H and O–H groups in total. The SMILES string of the molecule is O=C(NNC(=O)C1CC1c1ccco1)c1cccnc1. The monoisotopic (exact) mass is 271 g/mol. The molecule has 6 nitrogen and oxygen atoms in total. The fourth-order valence-corrected chi connectivity index (χ4v) is 2.08. The molecule has 1 fully saturated rings. The standard InChI is InChI=1S/C14H13N3O3/c18-13(9-3-1-5-15-8-9)16-17-14(19)11-7-10(11)12-4-2-6-20-12/h1-6,8,10-11H,7H2,(H,16,18)(H,17,19). The van der Waals surface area contributed by atoms with Gasteiger partial charge in [-0.05, 0) is 30.7 Å². The van der Waals surface area contributed by atoms with Gasteiger partial charge in [-0.1, -0.05) is 0 Å². The van der Waals surface area contributed by atoms with Gasteiger partial charge in [0, 0.05) is 18.3 Å². The Hall–Kier alpha value is -2.63. The largest absolute Gasteiger partial charge is 0.469 e. The number of hydrazine groups is 1. The van der Waals surface area contributed by atoms with Crippen LogP contribution in [0.3, 0.4) is 0 Å². The molecule has 20 heavy (non-hydrogen) atoms. The van der Waals surface area contributed by atoms with Gasteiger partial charge in [0.15, 0.2) is 0 Å². The average molecular weight is 271 g/mol. The summed E-state index contributed by atoms with van der Waals surface area (Å²) >= 11 is 0. The summed E-state index contributed by atoms with van der Waals surface area (Å²) in [5.41, 5.74) is 5.20. The zero-order valence-corrected chi connectivity index (χ0v) is 10.6. The second-order valence-corrected chi connectivity index (χ2v) is 4.65. The Morgan fingerprint density at radius 1 is 1.25 bits per heavy atom. The molecular formula is C14H13N3O3. The molecule has 2 unspecified atom stereocenters. The molecule has 6 heteroatoms. The van der Waals surface area contributed by atoms with Gasteiger partial charge in [0.05, 0.1) is 17.7 Å². The maximum absolute atomic E-state index is 11.9. The first-order valence-corrected chi connectivity index (χ1v) is 6.29. The van der Waals surface area contributed by atoms with Crippen LogP contribution >= 0.6 is 0 Å². The van der Waals surface area contributed by atoms with Crippen molar-refractivity contribution >= 4 is 11.8 Å². The van der Waals surface area contributed by atoms with Crippen LogP contribution in [0.25, 0.3) is 0 Å². The number of carbonyl (C=O) groups is 2. The van der Waals surface area contributed by atoms with Crippen molar-refractivity contribution in [2.24, 2.45) is 5.92 Å². The van der Waals surface area contributed by atoms with Crippen LogP contribution in [0.2, 0.25) is 0 Å². The van der Waals surface area contributed by atoms with Crippen molar-refractivity contribution < 1.29 is 14.0 Å². The Balaban J connectivity index is 1.50. The fraction of sp³-hybridized carbons (Fsp3) is 0.214. The molecule has 2 amide bonds. The molecule has 1 saturated carbocycles. The van der Waals surface area contributed by atoms with Crippen LogP contribution in [0.5, 0.6) is 0 Å². The Morgan fingerprint density at radius 3 is 2.85 bits per heavy atom. The molecular weight excluding hydrogens is 258 g/mol. The van der Waals surface area contributed by atoms with Gasteiger partial charge in [-0.3, -0.25) is 25.4 Å². The highest BCUT2D eigenvalue weighted by Crippen LogP contribution is 2.47. The minimum absolute atomic E-state index is 0.111. The highest BCUT2D eigenvalue weighted by molar-refractivity contribution is 5.95. The fourth-order valence-electron chi connectivity index (χ4n) is 2.08. The van der Waals surface area contributed by atoms with Gasteiger partial charge in [-0.15, -0.1) is 0 Å². The van der Waals surface area contributed by atoms with Crippen LogP contribution < -0.4 is 10.9 Å². The van der Waals surface area contributed by atoms with Crippen molar-refractivity contribution in [3.05, 3.63) is 54.2 Å². The molecule has 0 aromatic carbocycles. The minimum atomic E-state index is -0.387. The van der Waals surface area contributed by atoms with Gasteiger partial charge in [0.1, 0.15) is 5.76 Å². The maximum atomic E-state index is 11.9. The molecule has 0 bridgehead atoms. The lowest BCUT2D eigenvalue weighted by Crippen LogP contribution is -2.42. The average Bonchev–Trinajstić information content (AvgIpc) is 3.11. The van der Waals surface area contributed by atoms with Crippen molar-refractivity contribution in [1.82, 2.24) is 15.8 Å². The summed E-state index contributed by atoms with van der Waals surface area (Å²) in [7, 11) is 0. The van der Waals surface area contributed by atoms with E-state index in [4.69, 9.17) is 4.42 Å². The van der Waals surface area contributed by atoms with Crippen LogP contribution in [-0.2, 0) is 4.79 Å². The van der Waals surface area contributed by atoms with Crippen molar-refractivity contribution in [3.63, 3.8) is 0 Å². The van der Waals surface area contributed by atoms with Crippen LogP contribution in [0.15, 0.2) is 47.3 Å². The minimum Gasteiger partial charge on any atom is -0.469 e. The highest BCUT2D eigenvalue weighted by atomic mass is 16.3. The number of hydrogen-bond acceptors (Lipinski definition) is 4. The van der Waals surface area contributed by atoms with Crippen LogP contribution in [0, 0.1) is 5.92 Å². The predicted molar refractivity (Wildman–Crippen MR) is 69.4 cm³/mol. The highest BCUT2D eigenvalue weighted by Gasteiger charge is 2.45. The lowest BCUT2D eigenvalue weighted by Gasteiger charge is -2.06. The number of rotatable bonds is 3. The molecule has 2 atom stereocenters. The Kier molecular flexibility index (Phi) is 3.20. The topological polar surface area (TPSA) is 84.2 Å². The summed E-state index contributed by atoms with van der Waals surface area (Å²) in [6.45, 7) is 0. The third-order valence-corrected chi connectivity index (χ3v) is 3.26. The summed E-state index contributed by atoms with van der Waals surface area (Å²) in [6.07, 6.45) is 5.34. The molecule has 1 aliphatic carbocycles. The van der Waals surface area contributed by atoms with Gasteiger partial charge in [0.25, 0.3) is 5.91 Å². The molecule has 2 aromatic heterocycles. The molecule has 0 saturated heterocycles. The molecule has 102 valence electrons. The third-order valence-electron chi connectivity index (χ3n) is 3.26. The van der Waals surface area contributed by atoms with E-state index in [0.717, 1.165) is 12.2 Å². The van der Waals surface area contributed by atoms with E-state index in [1.165, 1.54) is 6.20 Å². The molecule has 1 aliphatic rings. The van der Waals surface area contributed by atoms with Crippen LogP contribution in [0.1, 0.15) is 28.5 Å². The smallest absolute Gasteiger partial charge is 0.271 e. The number of nitrogens with one attached hydrogen (secondary N) is 2. The molecule has 2 aromatic rings. The number of amides is 2. The quantitative estimate of drug-likeness (QED) is 0.823. The number of hydrogen-bond donors (Lipinski definition) is 2. The van der Waals surface area contributed by atoms with Gasteiger partial charge < -0.3 is 4.42 Å². The molecule has 0 radical (unpaired) electrons. The molecule has 3 rings (SSSR count). The van der Waals surface area contributed by atoms with Crippen molar-refractivity contribution in [2.75, 3.05) is 0 Å². The van der Waals surface area contributed by atoms with E-state index in [9.17, 15) is 9.59 Å². The van der Waals surface area contributed by atoms with Crippen LogP contribution in [0.4, 0.5) is 0 Å². The number of furan rings is 1. The van der Waals surface area contributed by atoms with Gasteiger partial charge in [0.2, 0.25) is 5.91 Å². The van der Waals surface area contributed by atoms with Crippen LogP contribution in [-0.4, -0.2) is 16.8 Å². The van der Waals surface area contributed by atoms with Crippen molar-refractivity contribution in [2.45, 2.75) is 12.3 Å². The number of carbonyl (C=O) groups excluding carboxylic acids is 2. The Morgan fingerprint density at radius 2 is 2.15 bits per heavy atom. The number of aromatic nitrogens is 1. The summed E-state index contributed by atoms with van der Waals surface area (Å²) in [5, 5.41) is 0. The second kappa shape index (κ2) is 5.16. The van der Waals surface area contributed by atoms with E-state index in [2.05, 4.69) is 15.8 Å². The third kappa shape index (κ3) is 2.54. The normalized spacial score (nSPS) is 20.2. The summed E-state index contributed by atoms with van der Waals surface area (Å²) in [6, 6.07) is 6.93. The Bertz CT molecular complexity index is 610. The maximum Gasteiger partial charge on any atom is 0.271 e. The predicted octanol–water partition coefficient (Wildman–Crippen LogP) is 1.24. The Labute approximate surface area is 115 Å². The number of nitrogens with zero attached hydrogens (tertiary/aromatic N) is 1. The first-order chi connectivity index (χ1) is 9.75. The van der Waals surface area contributed by atoms with Gasteiger partial charge in [-0.2, -0.15) is 0 Å². The summed E-state index contributed by atoms with van der Waals surface area (Å²) in [4.78, 5) is 27.4. The summed E-state index contributed by atoms with van der Waals surface area (Å²) < 4.78 is 5.26. The van der Waals surface area contributed by atoms with E-state index < -0.39 is 0 Å². The molecule has 0 spiro atoms. The summed E-state index contributed by atoms with van der Waals surface area (Å²) in [5.74, 6) is 0.185. The lowest BCUT2D eigenvalue weighted by atomic mass is 10.2. The van der Waals surface area contributed by atoms with Gasteiger partial charge >= 0.3 is 0 Å².